The molecule has 1 aliphatic carbocycles. The van der Waals surface area contributed by atoms with Gasteiger partial charge in [0.05, 0.1) is 0 Å². The van der Waals surface area contributed by atoms with Crippen LogP contribution in [0.5, 0.6) is 0 Å². The van der Waals surface area contributed by atoms with Crippen molar-refractivity contribution in [1.29, 1.82) is 0 Å². The average molecular weight is 353 g/mol. The van der Waals surface area contributed by atoms with Crippen molar-refractivity contribution in [2.75, 3.05) is 5.32 Å². The number of hydrogen-bond donors (Lipinski definition) is 2. The molecule has 4 nitrogen and oxygen atoms in total. The van der Waals surface area contributed by atoms with Crippen LogP contribution in [0.2, 0.25) is 0 Å². The van der Waals surface area contributed by atoms with E-state index < -0.39 is 11.9 Å². The third-order valence-electron chi connectivity index (χ3n) is 5.15. The lowest BCUT2D eigenvalue weighted by Gasteiger charge is -2.28. The van der Waals surface area contributed by atoms with Crippen molar-refractivity contribution >= 4 is 17.6 Å². The minimum Gasteiger partial charge on any atom is -0.478 e. The molecule has 0 heterocycles. The van der Waals surface area contributed by atoms with Gasteiger partial charge < -0.3 is 10.4 Å². The van der Waals surface area contributed by atoms with Crippen LogP contribution in [0, 0.1) is 5.41 Å². The van der Waals surface area contributed by atoms with Crippen molar-refractivity contribution in [1.82, 2.24) is 0 Å². The van der Waals surface area contributed by atoms with Gasteiger partial charge in [0.15, 0.2) is 0 Å². The Hall–Kier alpha value is -2.62. The van der Waals surface area contributed by atoms with Crippen LogP contribution < -0.4 is 5.32 Å². The van der Waals surface area contributed by atoms with Crippen LogP contribution in [-0.2, 0) is 15.0 Å². The van der Waals surface area contributed by atoms with E-state index in [0.29, 0.717) is 5.69 Å². The number of carboxylic acid groups (broad SMARTS) is 1. The highest BCUT2D eigenvalue weighted by atomic mass is 16.4. The quantitative estimate of drug-likeness (QED) is 0.761. The second-order valence-electron chi connectivity index (χ2n) is 7.54. The smallest absolute Gasteiger partial charge is 0.328 e. The molecule has 138 valence electrons. The summed E-state index contributed by atoms with van der Waals surface area (Å²) in [6.45, 7) is 11.0. The lowest BCUT2D eigenvalue weighted by molar-refractivity contribution is -0.131. The Bertz CT molecular complexity index is 797. The zero-order chi connectivity index (χ0) is 19.5. The molecule has 1 aromatic carbocycles. The number of allylic oxidation sites excluding steroid dienone is 4. The van der Waals surface area contributed by atoms with Crippen molar-refractivity contribution in [3.05, 3.63) is 65.3 Å². The second-order valence-corrected chi connectivity index (χ2v) is 7.54. The van der Waals surface area contributed by atoms with Gasteiger partial charge in [-0.05, 0) is 54.5 Å². The standard InChI is InChI=1S/C22H27NO3/c1-6-17-18(7-2)22(5,14-21(17,3)4)15-8-10-16(11-9-15)23-19(24)12-13-20(25)26/h6-13H,14H2,1-5H3,(H,23,24)(H,25,26)/b13-12-,17-6?,18-7+. The van der Waals surface area contributed by atoms with Crippen LogP contribution in [0.4, 0.5) is 5.69 Å². The molecule has 1 atom stereocenters. The zero-order valence-corrected chi connectivity index (χ0v) is 16.1. The minimum atomic E-state index is -1.15. The fourth-order valence-corrected chi connectivity index (χ4v) is 4.27. The van der Waals surface area contributed by atoms with E-state index in [1.165, 1.54) is 16.7 Å². The van der Waals surface area contributed by atoms with Gasteiger partial charge in [-0.3, -0.25) is 4.79 Å². The summed E-state index contributed by atoms with van der Waals surface area (Å²) >= 11 is 0. The largest absolute Gasteiger partial charge is 0.478 e. The van der Waals surface area contributed by atoms with E-state index in [1.807, 2.05) is 24.3 Å². The summed E-state index contributed by atoms with van der Waals surface area (Å²) in [5.74, 6) is -1.61. The predicted octanol–water partition coefficient (Wildman–Crippen LogP) is 4.85. The second kappa shape index (κ2) is 7.32. The molecule has 4 heteroatoms. The Morgan fingerprint density at radius 1 is 1.00 bits per heavy atom. The SMILES string of the molecule is CC=C1/C(=C\C)C(C)(c2ccc(NC(=O)/C=C\C(=O)O)cc2)CC1(C)C. The minimum absolute atomic E-state index is 0.0775. The monoisotopic (exact) mass is 353 g/mol. The molecule has 0 bridgehead atoms. The molecule has 0 radical (unpaired) electrons. The van der Waals surface area contributed by atoms with Crippen molar-refractivity contribution in [2.45, 2.75) is 46.5 Å². The van der Waals surface area contributed by atoms with Crippen LogP contribution in [0.15, 0.2) is 59.7 Å². The lowest BCUT2D eigenvalue weighted by atomic mass is 9.76. The molecule has 1 aromatic rings. The Morgan fingerprint density at radius 3 is 2.08 bits per heavy atom. The molecular weight excluding hydrogens is 326 g/mol. The van der Waals surface area contributed by atoms with Gasteiger partial charge in [-0.25, -0.2) is 4.79 Å². The third-order valence-corrected chi connectivity index (χ3v) is 5.15. The Morgan fingerprint density at radius 2 is 1.58 bits per heavy atom. The highest BCUT2D eigenvalue weighted by molar-refractivity contribution is 6.02. The molecular formula is C22H27NO3. The molecule has 0 spiro atoms. The van der Waals surface area contributed by atoms with Crippen LogP contribution in [0.25, 0.3) is 0 Å². The number of aliphatic carboxylic acids is 1. The van der Waals surface area contributed by atoms with Gasteiger partial charge in [-0.1, -0.05) is 45.1 Å². The van der Waals surface area contributed by atoms with Crippen LogP contribution in [0.3, 0.4) is 0 Å². The molecule has 1 fully saturated rings. The van der Waals surface area contributed by atoms with Gasteiger partial charge in [0.2, 0.25) is 5.91 Å². The lowest BCUT2D eigenvalue weighted by Crippen LogP contribution is -2.21. The van der Waals surface area contributed by atoms with Gasteiger partial charge in [-0.15, -0.1) is 0 Å². The number of rotatable bonds is 4. The summed E-state index contributed by atoms with van der Waals surface area (Å²) in [6.07, 6.45) is 7.27. The summed E-state index contributed by atoms with van der Waals surface area (Å²) in [5, 5.41) is 11.2. The number of hydrogen-bond acceptors (Lipinski definition) is 2. The van der Waals surface area contributed by atoms with Crippen molar-refractivity contribution in [3.63, 3.8) is 0 Å². The number of carboxylic acids is 1. The first-order valence-electron chi connectivity index (χ1n) is 8.80. The first-order chi connectivity index (χ1) is 12.1. The maximum atomic E-state index is 11.7. The number of amides is 1. The van der Waals surface area contributed by atoms with E-state index in [-0.39, 0.29) is 10.8 Å². The van der Waals surface area contributed by atoms with Crippen LogP contribution >= 0.6 is 0 Å². The van der Waals surface area contributed by atoms with E-state index in [2.05, 4.69) is 52.1 Å². The number of benzene rings is 1. The highest BCUT2D eigenvalue weighted by Crippen LogP contribution is 2.57. The van der Waals surface area contributed by atoms with Gasteiger partial charge in [0, 0.05) is 23.3 Å². The molecule has 1 unspecified atom stereocenters. The molecule has 1 aliphatic rings. The maximum absolute atomic E-state index is 11.7. The van der Waals surface area contributed by atoms with Gasteiger partial charge >= 0.3 is 5.97 Å². The van der Waals surface area contributed by atoms with Crippen LogP contribution in [-0.4, -0.2) is 17.0 Å². The molecule has 0 aromatic heterocycles. The normalized spacial score (nSPS) is 25.1. The first-order valence-corrected chi connectivity index (χ1v) is 8.80. The predicted molar refractivity (Wildman–Crippen MR) is 105 cm³/mol. The summed E-state index contributed by atoms with van der Waals surface area (Å²) in [6, 6.07) is 7.80. The highest BCUT2D eigenvalue weighted by Gasteiger charge is 2.47. The zero-order valence-electron chi connectivity index (χ0n) is 16.1. The molecule has 0 saturated heterocycles. The average Bonchev–Trinajstić information content (AvgIpc) is 2.78. The molecule has 26 heavy (non-hydrogen) atoms. The molecule has 2 rings (SSSR count). The van der Waals surface area contributed by atoms with Crippen LogP contribution in [0.1, 0.15) is 46.6 Å². The fourth-order valence-electron chi connectivity index (χ4n) is 4.27. The van der Waals surface area contributed by atoms with Crippen molar-refractivity contribution < 1.29 is 14.7 Å². The first kappa shape index (κ1) is 19.7. The van der Waals surface area contributed by atoms with Crippen molar-refractivity contribution in [2.24, 2.45) is 5.41 Å². The van der Waals surface area contributed by atoms with E-state index in [4.69, 9.17) is 5.11 Å². The third kappa shape index (κ3) is 3.79. The number of carbonyl (C=O) groups excluding carboxylic acids is 1. The molecule has 1 amide bonds. The Labute approximate surface area is 155 Å². The number of carbonyl (C=O) groups is 2. The summed E-state index contributed by atoms with van der Waals surface area (Å²) in [4.78, 5) is 22.2. The topological polar surface area (TPSA) is 66.4 Å². The van der Waals surface area contributed by atoms with Gasteiger partial charge in [-0.2, -0.15) is 0 Å². The summed E-state index contributed by atoms with van der Waals surface area (Å²) in [5.41, 5.74) is 4.62. The molecule has 2 N–H and O–H groups in total. The van der Waals surface area contributed by atoms with Gasteiger partial charge in [0.25, 0.3) is 0 Å². The molecule has 0 aliphatic heterocycles. The number of anilines is 1. The number of nitrogens with one attached hydrogen (secondary N) is 1. The van der Waals surface area contributed by atoms with E-state index in [1.54, 1.807) is 0 Å². The van der Waals surface area contributed by atoms with E-state index in [9.17, 15) is 9.59 Å². The van der Waals surface area contributed by atoms with E-state index >= 15 is 0 Å². The fraction of sp³-hybridized carbons (Fsp3) is 0.364. The summed E-state index contributed by atoms with van der Waals surface area (Å²) < 4.78 is 0. The van der Waals surface area contributed by atoms with Gasteiger partial charge in [0.1, 0.15) is 0 Å². The Kier molecular flexibility index (Phi) is 5.55. The van der Waals surface area contributed by atoms with Crippen molar-refractivity contribution in [3.8, 4) is 0 Å². The maximum Gasteiger partial charge on any atom is 0.328 e. The summed E-state index contributed by atoms with van der Waals surface area (Å²) in [7, 11) is 0. The Balaban J connectivity index is 2.28. The van der Waals surface area contributed by atoms with E-state index in [0.717, 1.165) is 18.6 Å². The molecule has 1 saturated carbocycles.